The van der Waals surface area contributed by atoms with Crippen molar-refractivity contribution in [3.63, 3.8) is 0 Å². The van der Waals surface area contributed by atoms with E-state index in [1.165, 1.54) is 24.0 Å². The number of hydrogen-bond acceptors (Lipinski definition) is 1. The highest BCUT2D eigenvalue weighted by Crippen LogP contribution is 2.34. The zero-order valence-corrected chi connectivity index (χ0v) is 9.87. The standard InChI is InChI=1S/C15H19N/c1-3-10-16-15(14-8-9-14)11-13-6-4-12(2)5-7-13/h1,4-7,14-16H,8-11H2,2H3. The van der Waals surface area contributed by atoms with Gasteiger partial charge >= 0.3 is 0 Å². The van der Waals surface area contributed by atoms with Crippen molar-refractivity contribution in [2.24, 2.45) is 5.92 Å². The number of terminal acetylenes is 1. The molecule has 0 heterocycles. The third-order valence-electron chi connectivity index (χ3n) is 3.23. The fraction of sp³-hybridized carbons (Fsp3) is 0.467. The Hall–Kier alpha value is -1.26. The van der Waals surface area contributed by atoms with E-state index in [1.54, 1.807) is 0 Å². The highest BCUT2D eigenvalue weighted by molar-refractivity contribution is 5.22. The van der Waals surface area contributed by atoms with Crippen LogP contribution in [0.5, 0.6) is 0 Å². The Kier molecular flexibility index (Phi) is 3.64. The van der Waals surface area contributed by atoms with Crippen molar-refractivity contribution in [2.45, 2.75) is 32.2 Å². The average molecular weight is 213 g/mol. The van der Waals surface area contributed by atoms with Gasteiger partial charge in [0.15, 0.2) is 0 Å². The first-order valence-electron chi connectivity index (χ1n) is 6.02. The lowest BCUT2D eigenvalue weighted by atomic mass is 10.0. The number of benzene rings is 1. The molecule has 0 bridgehead atoms. The van der Waals surface area contributed by atoms with Gasteiger partial charge in [-0.2, -0.15) is 0 Å². The lowest BCUT2D eigenvalue weighted by Gasteiger charge is -2.16. The Labute approximate surface area is 98.3 Å². The summed E-state index contributed by atoms with van der Waals surface area (Å²) in [6.45, 7) is 2.81. The number of nitrogens with one attached hydrogen (secondary N) is 1. The second-order valence-corrected chi connectivity index (χ2v) is 4.72. The van der Waals surface area contributed by atoms with Crippen LogP contribution in [0.2, 0.25) is 0 Å². The van der Waals surface area contributed by atoms with Crippen molar-refractivity contribution in [1.29, 1.82) is 0 Å². The summed E-state index contributed by atoms with van der Waals surface area (Å²) in [6.07, 6.45) is 9.11. The quantitative estimate of drug-likeness (QED) is 0.741. The van der Waals surface area contributed by atoms with Crippen LogP contribution in [0.4, 0.5) is 0 Å². The molecule has 1 heteroatoms. The van der Waals surface area contributed by atoms with Gasteiger partial charge in [-0.1, -0.05) is 35.7 Å². The summed E-state index contributed by atoms with van der Waals surface area (Å²) < 4.78 is 0. The molecule has 1 nitrogen and oxygen atoms in total. The van der Waals surface area contributed by atoms with E-state index in [-0.39, 0.29) is 0 Å². The first kappa shape index (κ1) is 11.2. The summed E-state index contributed by atoms with van der Waals surface area (Å²) in [7, 11) is 0. The Morgan fingerprint density at radius 3 is 2.62 bits per heavy atom. The normalized spacial score (nSPS) is 16.8. The Bertz CT molecular complexity index is 367. The summed E-state index contributed by atoms with van der Waals surface area (Å²) in [6, 6.07) is 9.38. The van der Waals surface area contributed by atoms with Gasteiger partial charge in [0.05, 0.1) is 6.54 Å². The summed E-state index contributed by atoms with van der Waals surface area (Å²) in [5, 5.41) is 3.46. The van der Waals surface area contributed by atoms with Gasteiger partial charge in [-0.25, -0.2) is 0 Å². The average Bonchev–Trinajstić information content (AvgIpc) is 3.11. The van der Waals surface area contributed by atoms with Crippen LogP contribution >= 0.6 is 0 Å². The van der Waals surface area contributed by atoms with Crippen LogP contribution in [0.25, 0.3) is 0 Å². The van der Waals surface area contributed by atoms with Gasteiger partial charge in [-0.3, -0.25) is 0 Å². The Balaban J connectivity index is 1.94. The van der Waals surface area contributed by atoms with Crippen molar-refractivity contribution >= 4 is 0 Å². The summed E-state index contributed by atoms with van der Waals surface area (Å²) in [4.78, 5) is 0. The lowest BCUT2D eigenvalue weighted by molar-refractivity contribution is 0.485. The third-order valence-corrected chi connectivity index (χ3v) is 3.23. The van der Waals surface area contributed by atoms with Crippen LogP contribution < -0.4 is 5.32 Å². The number of aryl methyl sites for hydroxylation is 1. The predicted octanol–water partition coefficient (Wildman–Crippen LogP) is 2.54. The van der Waals surface area contributed by atoms with Crippen LogP contribution in [-0.2, 0) is 6.42 Å². The summed E-state index contributed by atoms with van der Waals surface area (Å²) in [5.41, 5.74) is 2.73. The SMILES string of the molecule is C#CCNC(Cc1ccc(C)cc1)C1CC1. The van der Waals surface area contributed by atoms with Gasteiger partial charge in [-0.05, 0) is 37.7 Å². The van der Waals surface area contributed by atoms with Gasteiger partial charge in [0.2, 0.25) is 0 Å². The van der Waals surface area contributed by atoms with Gasteiger partial charge < -0.3 is 5.32 Å². The maximum atomic E-state index is 5.30. The smallest absolute Gasteiger partial charge is 0.0576 e. The van der Waals surface area contributed by atoms with Crippen LogP contribution in [0, 0.1) is 25.2 Å². The lowest BCUT2D eigenvalue weighted by Crippen LogP contribution is -2.33. The highest BCUT2D eigenvalue weighted by atomic mass is 14.9. The van der Waals surface area contributed by atoms with Crippen molar-refractivity contribution in [3.05, 3.63) is 35.4 Å². The number of hydrogen-bond donors (Lipinski definition) is 1. The van der Waals surface area contributed by atoms with E-state index in [2.05, 4.69) is 42.4 Å². The zero-order valence-electron chi connectivity index (χ0n) is 9.87. The van der Waals surface area contributed by atoms with Crippen LogP contribution in [-0.4, -0.2) is 12.6 Å². The van der Waals surface area contributed by atoms with Crippen LogP contribution in [0.3, 0.4) is 0 Å². The molecule has 1 unspecified atom stereocenters. The fourth-order valence-electron chi connectivity index (χ4n) is 2.07. The van der Waals surface area contributed by atoms with E-state index in [9.17, 15) is 0 Å². The molecule has 1 saturated carbocycles. The first-order valence-corrected chi connectivity index (χ1v) is 6.02. The Morgan fingerprint density at radius 1 is 1.38 bits per heavy atom. The molecule has 1 aliphatic carbocycles. The van der Waals surface area contributed by atoms with E-state index < -0.39 is 0 Å². The maximum absolute atomic E-state index is 5.30. The third kappa shape index (κ3) is 3.12. The molecule has 1 aromatic rings. The summed E-state index contributed by atoms with van der Waals surface area (Å²) in [5.74, 6) is 3.51. The van der Waals surface area contributed by atoms with Gasteiger partial charge in [0.25, 0.3) is 0 Å². The highest BCUT2D eigenvalue weighted by Gasteiger charge is 2.30. The molecule has 1 aliphatic rings. The molecule has 0 radical (unpaired) electrons. The second-order valence-electron chi connectivity index (χ2n) is 4.72. The maximum Gasteiger partial charge on any atom is 0.0576 e. The molecule has 0 aliphatic heterocycles. The zero-order chi connectivity index (χ0) is 11.4. The largest absolute Gasteiger partial charge is 0.303 e. The minimum atomic E-state index is 0.568. The minimum Gasteiger partial charge on any atom is -0.303 e. The molecule has 2 rings (SSSR count). The van der Waals surface area contributed by atoms with E-state index in [0.29, 0.717) is 12.6 Å². The molecule has 1 N–H and O–H groups in total. The molecule has 1 atom stereocenters. The molecule has 84 valence electrons. The second kappa shape index (κ2) is 5.18. The Morgan fingerprint density at radius 2 is 2.06 bits per heavy atom. The van der Waals surface area contributed by atoms with Crippen molar-refractivity contribution in [3.8, 4) is 12.3 Å². The molecule has 16 heavy (non-hydrogen) atoms. The first-order chi connectivity index (χ1) is 7.79. The van der Waals surface area contributed by atoms with Crippen LogP contribution in [0.15, 0.2) is 24.3 Å². The number of rotatable bonds is 5. The summed E-state index contributed by atoms with van der Waals surface area (Å²) >= 11 is 0. The molecular formula is C15H19N. The topological polar surface area (TPSA) is 12.0 Å². The fourth-order valence-corrected chi connectivity index (χ4v) is 2.07. The molecule has 0 amide bonds. The van der Waals surface area contributed by atoms with E-state index >= 15 is 0 Å². The van der Waals surface area contributed by atoms with Crippen LogP contribution in [0.1, 0.15) is 24.0 Å². The van der Waals surface area contributed by atoms with Crippen molar-refractivity contribution in [1.82, 2.24) is 5.32 Å². The monoisotopic (exact) mass is 213 g/mol. The van der Waals surface area contributed by atoms with E-state index in [0.717, 1.165) is 12.3 Å². The predicted molar refractivity (Wildman–Crippen MR) is 68.2 cm³/mol. The molecular weight excluding hydrogens is 194 g/mol. The van der Waals surface area contributed by atoms with E-state index in [4.69, 9.17) is 6.42 Å². The molecule has 0 aromatic heterocycles. The van der Waals surface area contributed by atoms with Gasteiger partial charge in [0.1, 0.15) is 0 Å². The van der Waals surface area contributed by atoms with Gasteiger partial charge in [-0.15, -0.1) is 6.42 Å². The van der Waals surface area contributed by atoms with Gasteiger partial charge in [0, 0.05) is 6.04 Å². The molecule has 1 fully saturated rings. The van der Waals surface area contributed by atoms with Crippen molar-refractivity contribution in [2.75, 3.05) is 6.54 Å². The van der Waals surface area contributed by atoms with E-state index in [1.807, 2.05) is 0 Å². The molecule has 1 aromatic carbocycles. The molecule has 0 saturated heterocycles. The minimum absolute atomic E-state index is 0.568. The molecule has 0 spiro atoms. The van der Waals surface area contributed by atoms with Crippen molar-refractivity contribution < 1.29 is 0 Å².